The first-order valence-electron chi connectivity index (χ1n) is 10.4. The number of nitrogens with zero attached hydrogens (tertiary/aromatic N) is 1. The predicted molar refractivity (Wildman–Crippen MR) is 120 cm³/mol. The van der Waals surface area contributed by atoms with Crippen molar-refractivity contribution in [1.82, 2.24) is 9.62 Å². The number of piperidine rings is 1. The lowest BCUT2D eigenvalue weighted by atomic mass is 9.94. The lowest BCUT2D eigenvalue weighted by Crippen LogP contribution is -2.43. The normalized spacial score (nSPS) is 16.9. The smallest absolute Gasteiger partial charge is 0.243 e. The van der Waals surface area contributed by atoms with Crippen molar-refractivity contribution in [2.75, 3.05) is 13.1 Å². The van der Waals surface area contributed by atoms with Crippen LogP contribution in [-0.2, 0) is 14.8 Å². The van der Waals surface area contributed by atoms with Crippen molar-refractivity contribution in [3.63, 3.8) is 0 Å². The average Bonchev–Trinajstić information content (AvgIpc) is 2.72. The van der Waals surface area contributed by atoms with Crippen LogP contribution in [0, 0.1) is 19.8 Å². The number of aryl methyl sites for hydroxylation is 2. The van der Waals surface area contributed by atoms with E-state index in [0.29, 0.717) is 31.0 Å². The molecule has 0 saturated carbocycles. The Balaban J connectivity index is 1.62. The minimum Gasteiger partial charge on any atom is -0.349 e. The van der Waals surface area contributed by atoms with Crippen molar-refractivity contribution in [1.29, 1.82) is 0 Å². The number of halogens is 1. The summed E-state index contributed by atoms with van der Waals surface area (Å²) in [6.45, 7) is 6.86. The van der Waals surface area contributed by atoms with Gasteiger partial charge in [-0.1, -0.05) is 42.3 Å². The van der Waals surface area contributed by atoms with E-state index in [1.54, 1.807) is 12.1 Å². The van der Waals surface area contributed by atoms with Crippen LogP contribution in [0.1, 0.15) is 48.9 Å². The van der Waals surface area contributed by atoms with Gasteiger partial charge < -0.3 is 5.32 Å². The van der Waals surface area contributed by atoms with Gasteiger partial charge in [0.15, 0.2) is 0 Å². The molecule has 1 amide bonds. The molecule has 2 aromatic rings. The lowest BCUT2D eigenvalue weighted by Gasteiger charge is -2.31. The number of hydrogen-bond acceptors (Lipinski definition) is 3. The van der Waals surface area contributed by atoms with Gasteiger partial charge in [-0.15, -0.1) is 0 Å². The molecule has 5 nitrogen and oxygen atoms in total. The molecule has 1 fully saturated rings. The highest BCUT2D eigenvalue weighted by Gasteiger charge is 2.32. The highest BCUT2D eigenvalue weighted by atomic mass is 35.5. The second-order valence-corrected chi connectivity index (χ2v) is 10.3. The van der Waals surface area contributed by atoms with Crippen molar-refractivity contribution >= 4 is 27.5 Å². The third-order valence-electron chi connectivity index (χ3n) is 5.80. The second-order valence-electron chi connectivity index (χ2n) is 7.96. The fourth-order valence-electron chi connectivity index (χ4n) is 4.02. The topological polar surface area (TPSA) is 66.5 Å². The summed E-state index contributed by atoms with van der Waals surface area (Å²) in [6, 6.07) is 12.4. The Kier molecular flexibility index (Phi) is 7.22. The highest BCUT2D eigenvalue weighted by Crippen LogP contribution is 2.27. The van der Waals surface area contributed by atoms with Gasteiger partial charge in [-0.25, -0.2) is 8.42 Å². The van der Waals surface area contributed by atoms with Gasteiger partial charge in [0.2, 0.25) is 15.9 Å². The number of amides is 1. The van der Waals surface area contributed by atoms with E-state index < -0.39 is 10.0 Å². The van der Waals surface area contributed by atoms with Crippen LogP contribution in [0.25, 0.3) is 0 Å². The third kappa shape index (κ3) is 5.05. The van der Waals surface area contributed by atoms with Crippen LogP contribution in [0.3, 0.4) is 0 Å². The predicted octanol–water partition coefficient (Wildman–Crippen LogP) is 4.63. The van der Waals surface area contributed by atoms with Gasteiger partial charge in [0.25, 0.3) is 0 Å². The monoisotopic (exact) mass is 448 g/mol. The lowest BCUT2D eigenvalue weighted by molar-refractivity contribution is -0.126. The Hall–Kier alpha value is -1.89. The van der Waals surface area contributed by atoms with Crippen LogP contribution in [0.5, 0.6) is 0 Å². The van der Waals surface area contributed by atoms with Crippen LogP contribution in [0.15, 0.2) is 47.4 Å². The molecule has 1 aliphatic rings. The van der Waals surface area contributed by atoms with E-state index in [1.165, 1.54) is 27.6 Å². The maximum absolute atomic E-state index is 12.9. The number of benzene rings is 2. The van der Waals surface area contributed by atoms with Crippen LogP contribution >= 0.6 is 11.6 Å². The fraction of sp³-hybridized carbons (Fsp3) is 0.435. The molecular weight excluding hydrogens is 420 g/mol. The van der Waals surface area contributed by atoms with Crippen molar-refractivity contribution in [2.45, 2.75) is 51.0 Å². The maximum Gasteiger partial charge on any atom is 0.243 e. The van der Waals surface area contributed by atoms with Gasteiger partial charge in [0, 0.05) is 24.0 Å². The minimum absolute atomic E-state index is 0.00497. The zero-order valence-electron chi connectivity index (χ0n) is 17.7. The molecule has 1 heterocycles. The largest absolute Gasteiger partial charge is 0.349 e. The van der Waals surface area contributed by atoms with E-state index in [-0.39, 0.29) is 22.8 Å². The number of nitrogens with one attached hydrogen (secondary N) is 1. The molecule has 3 rings (SSSR count). The summed E-state index contributed by atoms with van der Waals surface area (Å²) in [6.07, 6.45) is 1.84. The molecule has 1 unspecified atom stereocenters. The van der Waals surface area contributed by atoms with E-state index >= 15 is 0 Å². The quantitative estimate of drug-likeness (QED) is 0.700. The van der Waals surface area contributed by atoms with Gasteiger partial charge in [0.1, 0.15) is 0 Å². The maximum atomic E-state index is 12.9. The van der Waals surface area contributed by atoms with Crippen LogP contribution in [0.4, 0.5) is 0 Å². The Morgan fingerprint density at radius 1 is 1.13 bits per heavy atom. The summed E-state index contributed by atoms with van der Waals surface area (Å²) in [5.41, 5.74) is 3.51. The molecule has 0 aliphatic carbocycles. The van der Waals surface area contributed by atoms with Gasteiger partial charge in [0.05, 0.1) is 10.9 Å². The highest BCUT2D eigenvalue weighted by molar-refractivity contribution is 7.89. The molecule has 1 N–H and O–H groups in total. The van der Waals surface area contributed by atoms with E-state index in [9.17, 15) is 13.2 Å². The molecule has 30 heavy (non-hydrogen) atoms. The minimum atomic E-state index is -3.57. The van der Waals surface area contributed by atoms with Gasteiger partial charge in [-0.2, -0.15) is 4.31 Å². The van der Waals surface area contributed by atoms with Crippen molar-refractivity contribution < 1.29 is 13.2 Å². The molecule has 1 aliphatic heterocycles. The van der Waals surface area contributed by atoms with Crippen LogP contribution in [0.2, 0.25) is 5.02 Å². The first-order valence-corrected chi connectivity index (χ1v) is 12.2. The number of hydrogen-bond donors (Lipinski definition) is 1. The Morgan fingerprint density at radius 3 is 2.33 bits per heavy atom. The molecule has 2 aromatic carbocycles. The second kappa shape index (κ2) is 9.50. The standard InChI is InChI=1S/C23H29ClN2O3S/c1-4-22(21-10-5-16(2)15-17(21)3)25-23(27)18-11-13-26(14-12-18)30(28,29)20-8-6-19(24)7-9-20/h5-10,15,18,22H,4,11-14H2,1-3H3,(H,25,27). The summed E-state index contributed by atoms with van der Waals surface area (Å²) in [7, 11) is -3.57. The van der Waals surface area contributed by atoms with Crippen LogP contribution in [-0.4, -0.2) is 31.7 Å². The summed E-state index contributed by atoms with van der Waals surface area (Å²) in [4.78, 5) is 13.1. The van der Waals surface area contributed by atoms with E-state index in [4.69, 9.17) is 11.6 Å². The number of carbonyl (C=O) groups excluding carboxylic acids is 1. The summed E-state index contributed by atoms with van der Waals surface area (Å²) >= 11 is 5.86. The number of rotatable bonds is 6. The van der Waals surface area contributed by atoms with Gasteiger partial charge in [-0.05, 0) is 68.5 Å². The van der Waals surface area contributed by atoms with Gasteiger partial charge >= 0.3 is 0 Å². The Labute approximate surface area is 184 Å². The van der Waals surface area contributed by atoms with E-state index in [1.807, 2.05) is 0 Å². The van der Waals surface area contributed by atoms with Crippen molar-refractivity contribution in [3.8, 4) is 0 Å². The molecular formula is C23H29ClN2O3S. The molecule has 7 heteroatoms. The zero-order chi connectivity index (χ0) is 21.9. The average molecular weight is 449 g/mol. The summed E-state index contributed by atoms with van der Waals surface area (Å²) in [5.74, 6) is -0.174. The zero-order valence-corrected chi connectivity index (χ0v) is 19.3. The fourth-order valence-corrected chi connectivity index (χ4v) is 5.62. The molecule has 0 aromatic heterocycles. The molecule has 1 atom stereocenters. The third-order valence-corrected chi connectivity index (χ3v) is 7.97. The van der Waals surface area contributed by atoms with E-state index in [0.717, 1.165) is 12.0 Å². The molecule has 0 spiro atoms. The number of sulfonamides is 1. The SMILES string of the molecule is CCC(NC(=O)C1CCN(S(=O)(=O)c2ccc(Cl)cc2)CC1)c1ccc(C)cc1C. The Bertz CT molecular complexity index is 998. The molecule has 162 valence electrons. The van der Waals surface area contributed by atoms with Crippen molar-refractivity contribution in [3.05, 3.63) is 64.2 Å². The molecule has 0 radical (unpaired) electrons. The van der Waals surface area contributed by atoms with Crippen LogP contribution < -0.4 is 5.32 Å². The van der Waals surface area contributed by atoms with E-state index in [2.05, 4.69) is 44.3 Å². The Morgan fingerprint density at radius 2 is 1.77 bits per heavy atom. The molecule has 1 saturated heterocycles. The summed E-state index contributed by atoms with van der Waals surface area (Å²) < 4.78 is 27.1. The first kappa shape index (κ1) is 22.8. The summed E-state index contributed by atoms with van der Waals surface area (Å²) in [5, 5.41) is 3.68. The van der Waals surface area contributed by atoms with Crippen molar-refractivity contribution in [2.24, 2.45) is 5.92 Å². The first-order chi connectivity index (χ1) is 14.2. The molecule has 0 bridgehead atoms. The number of carbonyl (C=O) groups is 1. The van der Waals surface area contributed by atoms with Gasteiger partial charge in [-0.3, -0.25) is 4.79 Å².